The molecule has 7 heteroatoms. The van der Waals surface area contributed by atoms with Crippen LogP contribution in [0.25, 0.3) is 0 Å². The highest BCUT2D eigenvalue weighted by Crippen LogP contribution is 2.20. The van der Waals surface area contributed by atoms with Gasteiger partial charge >= 0.3 is 0 Å². The van der Waals surface area contributed by atoms with Gasteiger partial charge in [0.15, 0.2) is 6.67 Å². The second-order valence-corrected chi connectivity index (χ2v) is 7.77. The number of rotatable bonds is 13. The number of nitrogens with zero attached hydrogens (tertiary/aromatic N) is 1. The van der Waals surface area contributed by atoms with Crippen molar-refractivity contribution >= 4 is 16.0 Å². The molecule has 0 aromatic rings. The SMILES string of the molecule is C=CC(=O)NC[N+](CCCC)(CCCC)C(C)CCS(=O)(=O)O. The van der Waals surface area contributed by atoms with E-state index in [2.05, 4.69) is 25.7 Å². The van der Waals surface area contributed by atoms with E-state index in [-0.39, 0.29) is 17.7 Å². The van der Waals surface area contributed by atoms with Crippen LogP contribution in [0.1, 0.15) is 52.9 Å². The molecule has 1 unspecified atom stereocenters. The van der Waals surface area contributed by atoms with Crippen LogP contribution in [0.2, 0.25) is 0 Å². The van der Waals surface area contributed by atoms with Gasteiger partial charge in [-0.2, -0.15) is 8.42 Å². The van der Waals surface area contributed by atoms with E-state index in [0.29, 0.717) is 17.6 Å². The quantitative estimate of drug-likeness (QED) is 0.231. The Bertz CT molecular complexity index is 455. The van der Waals surface area contributed by atoms with Crippen molar-refractivity contribution < 1.29 is 22.2 Å². The summed E-state index contributed by atoms with van der Waals surface area (Å²) in [6.45, 7) is 11.9. The first kappa shape index (κ1) is 22.1. The largest absolute Gasteiger partial charge is 0.306 e. The molecule has 0 saturated carbocycles. The predicted octanol–water partition coefficient (Wildman–Crippen LogP) is 2.33. The fourth-order valence-electron chi connectivity index (χ4n) is 2.71. The topological polar surface area (TPSA) is 83.5 Å². The highest BCUT2D eigenvalue weighted by atomic mass is 32.2. The lowest BCUT2D eigenvalue weighted by atomic mass is 10.1. The van der Waals surface area contributed by atoms with Gasteiger partial charge in [0.05, 0.1) is 24.9 Å². The maximum Gasteiger partial charge on any atom is 0.265 e. The molecular formula is C16H33N2O4S+. The van der Waals surface area contributed by atoms with Gasteiger partial charge in [-0.05, 0) is 25.8 Å². The highest BCUT2D eigenvalue weighted by Gasteiger charge is 2.33. The number of unbranched alkanes of at least 4 members (excludes halogenated alkanes) is 2. The van der Waals surface area contributed by atoms with E-state index >= 15 is 0 Å². The van der Waals surface area contributed by atoms with Crippen molar-refractivity contribution in [2.45, 2.75) is 58.9 Å². The molecule has 2 N–H and O–H groups in total. The Balaban J connectivity index is 5.20. The molecular weight excluding hydrogens is 316 g/mol. The van der Waals surface area contributed by atoms with Crippen molar-refractivity contribution in [1.82, 2.24) is 5.32 Å². The van der Waals surface area contributed by atoms with Gasteiger partial charge in [0.1, 0.15) is 0 Å². The van der Waals surface area contributed by atoms with E-state index in [1.807, 2.05) is 6.92 Å². The number of hydrogen-bond donors (Lipinski definition) is 2. The summed E-state index contributed by atoms with van der Waals surface area (Å²) in [5.41, 5.74) is 0. The average Bonchev–Trinajstić information content (AvgIpc) is 2.51. The van der Waals surface area contributed by atoms with Crippen molar-refractivity contribution in [2.24, 2.45) is 0 Å². The third kappa shape index (κ3) is 9.07. The van der Waals surface area contributed by atoms with Gasteiger partial charge in [-0.3, -0.25) is 9.35 Å². The third-order valence-corrected chi connectivity index (χ3v) is 5.15. The fraction of sp³-hybridized carbons (Fsp3) is 0.812. The number of quaternary nitrogens is 1. The molecule has 0 saturated heterocycles. The maximum atomic E-state index is 11.6. The zero-order chi connectivity index (χ0) is 17.9. The summed E-state index contributed by atoms with van der Waals surface area (Å²) in [6, 6.07) is 0.0279. The van der Waals surface area contributed by atoms with Crippen LogP contribution in [0.5, 0.6) is 0 Å². The van der Waals surface area contributed by atoms with Crippen LogP contribution >= 0.6 is 0 Å². The second kappa shape index (κ2) is 10.8. The van der Waals surface area contributed by atoms with Crippen LogP contribution in [0.15, 0.2) is 12.7 Å². The lowest BCUT2D eigenvalue weighted by Crippen LogP contribution is -2.60. The maximum absolute atomic E-state index is 11.6. The highest BCUT2D eigenvalue weighted by molar-refractivity contribution is 7.85. The molecule has 1 amide bonds. The van der Waals surface area contributed by atoms with E-state index in [1.165, 1.54) is 6.08 Å². The van der Waals surface area contributed by atoms with Crippen molar-refractivity contribution in [3.63, 3.8) is 0 Å². The standard InChI is InChI=1S/C16H32N2O4S/c1-5-8-11-18(12-9-6-2,14-17-16(19)7-3)15(4)10-13-23(20,21)22/h7,15H,3,5-6,8-14H2,1-2,4H3,(H-,17,19,20,21,22)/p+1. The first-order valence-corrected chi connectivity index (χ1v) is 10.0. The molecule has 136 valence electrons. The summed E-state index contributed by atoms with van der Waals surface area (Å²) in [6.07, 6.45) is 5.69. The molecule has 23 heavy (non-hydrogen) atoms. The van der Waals surface area contributed by atoms with E-state index in [4.69, 9.17) is 4.55 Å². The molecule has 0 rings (SSSR count). The molecule has 0 aliphatic carbocycles. The molecule has 0 fully saturated rings. The summed E-state index contributed by atoms with van der Waals surface area (Å²) in [4.78, 5) is 11.6. The van der Waals surface area contributed by atoms with Crippen molar-refractivity contribution in [1.29, 1.82) is 0 Å². The number of carbonyl (C=O) groups is 1. The molecule has 0 radical (unpaired) electrons. The summed E-state index contributed by atoms with van der Waals surface area (Å²) in [5.74, 6) is -0.468. The zero-order valence-corrected chi connectivity index (χ0v) is 15.6. The Morgan fingerprint density at radius 1 is 1.26 bits per heavy atom. The molecule has 6 nitrogen and oxygen atoms in total. The number of nitrogens with one attached hydrogen (secondary N) is 1. The summed E-state index contributed by atoms with van der Waals surface area (Å²) in [5, 5.41) is 2.87. The Kier molecular flexibility index (Phi) is 10.3. The van der Waals surface area contributed by atoms with Gasteiger partial charge in [-0.1, -0.05) is 33.3 Å². The molecule has 0 aromatic carbocycles. The molecule has 0 bridgehead atoms. The Morgan fingerprint density at radius 2 is 1.78 bits per heavy atom. The minimum atomic E-state index is -3.97. The minimum absolute atomic E-state index is 0.0279. The first-order valence-electron chi connectivity index (χ1n) is 8.42. The van der Waals surface area contributed by atoms with Crippen molar-refractivity contribution in [3.05, 3.63) is 12.7 Å². The van der Waals surface area contributed by atoms with Crippen LogP contribution in [0, 0.1) is 0 Å². The zero-order valence-electron chi connectivity index (χ0n) is 14.8. The average molecular weight is 350 g/mol. The van der Waals surface area contributed by atoms with Crippen molar-refractivity contribution in [2.75, 3.05) is 25.5 Å². The van der Waals surface area contributed by atoms with E-state index < -0.39 is 10.1 Å². The smallest absolute Gasteiger partial charge is 0.265 e. The Labute approximate surface area is 141 Å². The fourth-order valence-corrected chi connectivity index (χ4v) is 3.35. The van der Waals surface area contributed by atoms with Crippen LogP contribution in [-0.2, 0) is 14.9 Å². The van der Waals surface area contributed by atoms with Crippen LogP contribution in [-0.4, -0.2) is 54.9 Å². The lowest BCUT2D eigenvalue weighted by molar-refractivity contribution is -0.951. The van der Waals surface area contributed by atoms with Gasteiger partial charge in [-0.15, -0.1) is 0 Å². The van der Waals surface area contributed by atoms with Crippen LogP contribution in [0.4, 0.5) is 0 Å². The van der Waals surface area contributed by atoms with Gasteiger partial charge in [-0.25, -0.2) is 0 Å². The molecule has 1 atom stereocenters. The predicted molar refractivity (Wildman–Crippen MR) is 93.5 cm³/mol. The van der Waals surface area contributed by atoms with Gasteiger partial charge < -0.3 is 9.80 Å². The first-order chi connectivity index (χ1) is 10.7. The summed E-state index contributed by atoms with van der Waals surface area (Å²) < 4.78 is 31.8. The van der Waals surface area contributed by atoms with Crippen LogP contribution in [0.3, 0.4) is 0 Å². The third-order valence-electron chi connectivity index (χ3n) is 4.40. The van der Waals surface area contributed by atoms with Crippen molar-refractivity contribution in [3.8, 4) is 0 Å². The molecule has 0 aliphatic rings. The number of hydrogen-bond acceptors (Lipinski definition) is 3. The Morgan fingerprint density at radius 3 is 2.17 bits per heavy atom. The van der Waals surface area contributed by atoms with Gasteiger partial charge in [0.25, 0.3) is 10.1 Å². The molecule has 0 aromatic heterocycles. The summed E-state index contributed by atoms with van der Waals surface area (Å²) >= 11 is 0. The lowest BCUT2D eigenvalue weighted by Gasteiger charge is -2.44. The van der Waals surface area contributed by atoms with Gasteiger partial charge in [0.2, 0.25) is 5.91 Å². The molecule has 0 spiro atoms. The Hall–Kier alpha value is -0.920. The van der Waals surface area contributed by atoms with E-state index in [9.17, 15) is 13.2 Å². The van der Waals surface area contributed by atoms with E-state index in [0.717, 1.165) is 38.8 Å². The second-order valence-electron chi connectivity index (χ2n) is 6.20. The van der Waals surface area contributed by atoms with Gasteiger partial charge in [0, 0.05) is 6.42 Å². The summed E-state index contributed by atoms with van der Waals surface area (Å²) in [7, 11) is -3.97. The van der Waals surface area contributed by atoms with Crippen LogP contribution < -0.4 is 5.32 Å². The normalized spacial score (nSPS) is 13.6. The monoisotopic (exact) mass is 349 g/mol. The molecule has 0 aliphatic heterocycles. The minimum Gasteiger partial charge on any atom is -0.306 e. The van der Waals surface area contributed by atoms with E-state index in [1.54, 1.807) is 0 Å². The molecule has 0 heterocycles. The number of carbonyl (C=O) groups excluding carboxylic acids is 1. The number of amides is 1.